The summed E-state index contributed by atoms with van der Waals surface area (Å²) in [5, 5.41) is 9.78. The Morgan fingerprint density at radius 1 is 0.323 bits per heavy atom. The summed E-state index contributed by atoms with van der Waals surface area (Å²) in [6.45, 7) is 4.84. The van der Waals surface area contributed by atoms with E-state index in [-0.39, 0.29) is 38.2 Å². The van der Waals surface area contributed by atoms with Crippen molar-refractivity contribution in [3.05, 3.63) is 60.8 Å². The molecule has 0 aliphatic carbocycles. The lowest BCUT2D eigenvalue weighted by Gasteiger charge is -2.25. The monoisotopic (exact) mass is 1350 g/mol. The van der Waals surface area contributed by atoms with Crippen LogP contribution in [-0.2, 0) is 33.3 Å². The minimum Gasteiger partial charge on any atom is -0.477 e. The molecule has 0 saturated heterocycles. The summed E-state index contributed by atoms with van der Waals surface area (Å²) in [4.78, 5) is 37.8. The van der Waals surface area contributed by atoms with Gasteiger partial charge in [0, 0.05) is 12.8 Å². The van der Waals surface area contributed by atoms with Gasteiger partial charge in [-0.1, -0.05) is 408 Å². The van der Waals surface area contributed by atoms with Gasteiger partial charge in [0.1, 0.15) is 13.2 Å². The summed E-state index contributed by atoms with van der Waals surface area (Å²) in [7, 11) is 6.00. The van der Waals surface area contributed by atoms with E-state index >= 15 is 0 Å². The number of likely N-dealkylation sites (N-methyl/N-ethyl adjacent to an activating group) is 1. The number of hydrogen-bond acceptors (Lipinski definition) is 7. The number of carbonyl (C=O) groups is 3. The predicted molar refractivity (Wildman–Crippen MR) is 415 cm³/mol. The molecule has 0 rings (SSSR count). The second-order valence-corrected chi connectivity index (χ2v) is 29.8. The van der Waals surface area contributed by atoms with Crippen molar-refractivity contribution in [2.45, 2.75) is 431 Å². The van der Waals surface area contributed by atoms with Gasteiger partial charge in [-0.05, 0) is 57.8 Å². The van der Waals surface area contributed by atoms with Gasteiger partial charge in [-0.25, -0.2) is 4.79 Å². The SMILES string of the molecule is CC/C=C\C/C=C\C/C=C\C/C=C\C/C=C\CCCCCCCCCCCCCCCCCCCCCC(=O)OC(COC(=O)CCCCCCCCCCCCCCCCCCCCCCCCCCCCCCCCCCCCCC)COC(OCC[N+](C)(C)C)C(=O)O. The van der Waals surface area contributed by atoms with Crippen molar-refractivity contribution in [1.82, 2.24) is 0 Å². The minimum absolute atomic E-state index is 0.176. The number of carboxylic acids is 1. The van der Waals surface area contributed by atoms with Gasteiger partial charge in [-0.15, -0.1) is 0 Å². The van der Waals surface area contributed by atoms with Crippen molar-refractivity contribution < 1.29 is 42.9 Å². The number of quaternary nitrogens is 1. The maximum atomic E-state index is 13.0. The number of carbonyl (C=O) groups excluding carboxylic acids is 2. The highest BCUT2D eigenvalue weighted by Gasteiger charge is 2.25. The van der Waals surface area contributed by atoms with Gasteiger partial charge in [0.25, 0.3) is 6.29 Å². The third kappa shape index (κ3) is 78.3. The Morgan fingerprint density at radius 2 is 0.594 bits per heavy atom. The van der Waals surface area contributed by atoms with Crippen LogP contribution in [-0.4, -0.2) is 87.4 Å². The van der Waals surface area contributed by atoms with Crippen molar-refractivity contribution in [2.24, 2.45) is 0 Å². The molecule has 9 heteroatoms. The molecule has 96 heavy (non-hydrogen) atoms. The Hall–Kier alpha value is -3.01. The van der Waals surface area contributed by atoms with E-state index in [4.69, 9.17) is 18.9 Å². The fourth-order valence-electron chi connectivity index (χ4n) is 12.7. The molecular weight excluding hydrogens is 1190 g/mol. The topological polar surface area (TPSA) is 108 Å². The van der Waals surface area contributed by atoms with Crippen molar-refractivity contribution in [3.63, 3.8) is 0 Å². The van der Waals surface area contributed by atoms with Crippen LogP contribution < -0.4 is 0 Å². The fraction of sp³-hybridized carbons (Fsp3) is 0.851. The summed E-state index contributed by atoms with van der Waals surface area (Å²) < 4.78 is 23.1. The first kappa shape index (κ1) is 93.0. The van der Waals surface area contributed by atoms with E-state index in [0.29, 0.717) is 17.4 Å². The maximum absolute atomic E-state index is 13.0. The Labute approximate surface area is 596 Å². The number of aliphatic carboxylic acids is 1. The number of nitrogens with zero attached hydrogens (tertiary/aromatic N) is 1. The van der Waals surface area contributed by atoms with Crippen molar-refractivity contribution in [1.29, 1.82) is 0 Å². The first-order valence-corrected chi connectivity index (χ1v) is 42.0. The maximum Gasteiger partial charge on any atom is 0.361 e. The number of rotatable bonds is 79. The lowest BCUT2D eigenvalue weighted by Crippen LogP contribution is -2.40. The zero-order chi connectivity index (χ0) is 69.7. The Morgan fingerprint density at radius 3 is 0.885 bits per heavy atom. The summed E-state index contributed by atoms with van der Waals surface area (Å²) in [6, 6.07) is 0. The Bertz CT molecular complexity index is 1760. The van der Waals surface area contributed by atoms with Crippen LogP contribution in [0.3, 0.4) is 0 Å². The van der Waals surface area contributed by atoms with Crippen LogP contribution in [0.2, 0.25) is 0 Å². The van der Waals surface area contributed by atoms with Gasteiger partial charge in [0.15, 0.2) is 6.10 Å². The largest absolute Gasteiger partial charge is 0.477 e. The van der Waals surface area contributed by atoms with E-state index in [2.05, 4.69) is 74.6 Å². The molecule has 0 saturated carbocycles. The van der Waals surface area contributed by atoms with Gasteiger partial charge < -0.3 is 28.5 Å². The average molecular weight is 1350 g/mol. The van der Waals surface area contributed by atoms with Crippen LogP contribution in [0.1, 0.15) is 418 Å². The van der Waals surface area contributed by atoms with Crippen molar-refractivity contribution in [3.8, 4) is 0 Å². The molecule has 2 unspecified atom stereocenters. The van der Waals surface area contributed by atoms with E-state index < -0.39 is 18.4 Å². The number of carboxylic acid groups (broad SMARTS) is 1. The van der Waals surface area contributed by atoms with Crippen LogP contribution in [0, 0.1) is 0 Å². The number of hydrogen-bond donors (Lipinski definition) is 1. The van der Waals surface area contributed by atoms with Crippen molar-refractivity contribution >= 4 is 17.9 Å². The van der Waals surface area contributed by atoms with Gasteiger partial charge in [0.2, 0.25) is 0 Å². The molecule has 0 aromatic carbocycles. The molecule has 9 nitrogen and oxygen atoms in total. The molecule has 0 fully saturated rings. The molecule has 2 atom stereocenters. The molecule has 0 spiro atoms. The molecule has 0 aliphatic heterocycles. The standard InChI is InChI=1S/C87H161NO8/c1-6-8-10-12-14-16-18-20-22-24-26-28-30-32-34-36-38-40-42-44-45-47-49-51-53-55-57-59-61-63-65-67-69-71-73-75-77-84(89)94-81-83(82-95-87(86(91)92)93-80-79-88(3,4)5)96-85(90)78-76-74-72-70-68-66-64-62-60-58-56-54-52-50-48-46-43-41-39-37-35-33-31-29-27-25-23-21-19-17-15-13-11-9-7-2/h9,11,15,17,21,23,27,29,33,35,83,87H,6-8,10,12-14,16,18-20,22,24-26,28,30-32,34,36-82H2,1-5H3/p+1/b11-9-,17-15-,23-21-,29-27-,35-33-. The zero-order valence-corrected chi connectivity index (χ0v) is 64.6. The van der Waals surface area contributed by atoms with Crippen LogP contribution in [0.15, 0.2) is 60.8 Å². The summed E-state index contributed by atoms with van der Waals surface area (Å²) >= 11 is 0. The molecule has 0 aliphatic rings. The highest BCUT2D eigenvalue weighted by Crippen LogP contribution is 2.20. The van der Waals surface area contributed by atoms with E-state index in [9.17, 15) is 19.5 Å². The highest BCUT2D eigenvalue weighted by molar-refractivity contribution is 5.71. The van der Waals surface area contributed by atoms with E-state index in [1.165, 1.54) is 321 Å². The van der Waals surface area contributed by atoms with Gasteiger partial charge in [0.05, 0.1) is 34.4 Å². The lowest BCUT2D eigenvalue weighted by molar-refractivity contribution is -0.870. The quantitative estimate of drug-likeness (QED) is 0.0211. The molecule has 0 aromatic heterocycles. The number of allylic oxidation sites excluding steroid dienone is 10. The fourth-order valence-corrected chi connectivity index (χ4v) is 12.7. The first-order valence-electron chi connectivity index (χ1n) is 42.0. The van der Waals surface area contributed by atoms with Gasteiger partial charge in [-0.2, -0.15) is 0 Å². The van der Waals surface area contributed by atoms with Crippen LogP contribution in [0.4, 0.5) is 0 Å². The third-order valence-electron chi connectivity index (χ3n) is 19.0. The summed E-state index contributed by atoms with van der Waals surface area (Å²) in [5.41, 5.74) is 0. The van der Waals surface area contributed by atoms with Gasteiger partial charge in [-0.3, -0.25) is 9.59 Å². The molecule has 1 N–H and O–H groups in total. The number of unbranched alkanes of at least 4 members (excludes halogenated alkanes) is 54. The molecule has 0 heterocycles. The van der Waals surface area contributed by atoms with Crippen LogP contribution in [0.5, 0.6) is 0 Å². The zero-order valence-electron chi connectivity index (χ0n) is 64.6. The normalized spacial score (nSPS) is 12.9. The highest BCUT2D eigenvalue weighted by atomic mass is 16.7. The predicted octanol–water partition coefficient (Wildman–Crippen LogP) is 27.0. The van der Waals surface area contributed by atoms with Crippen LogP contribution in [0.25, 0.3) is 0 Å². The smallest absolute Gasteiger partial charge is 0.361 e. The Kier molecular flexibility index (Phi) is 75.3. The summed E-state index contributed by atoms with van der Waals surface area (Å²) in [6.07, 6.45) is 101. The number of ether oxygens (including phenoxy) is 4. The Balaban J connectivity index is 3.95. The first-order chi connectivity index (χ1) is 47.1. The average Bonchev–Trinajstić information content (AvgIpc) is 2.43. The van der Waals surface area contributed by atoms with E-state index in [1.807, 2.05) is 21.1 Å². The van der Waals surface area contributed by atoms with E-state index in [1.54, 1.807) is 0 Å². The minimum atomic E-state index is -1.51. The second kappa shape index (κ2) is 77.7. The molecule has 562 valence electrons. The summed E-state index contributed by atoms with van der Waals surface area (Å²) in [5.74, 6) is -1.97. The molecule has 0 bridgehead atoms. The molecular formula is C87H162NO8+. The number of esters is 2. The van der Waals surface area contributed by atoms with Gasteiger partial charge >= 0.3 is 17.9 Å². The second-order valence-electron chi connectivity index (χ2n) is 29.8. The molecule has 0 radical (unpaired) electrons. The lowest BCUT2D eigenvalue weighted by atomic mass is 10.0. The molecule has 0 aromatic rings. The van der Waals surface area contributed by atoms with E-state index in [0.717, 1.165) is 70.6 Å². The van der Waals surface area contributed by atoms with Crippen molar-refractivity contribution in [2.75, 3.05) is 47.5 Å². The molecule has 0 amide bonds. The third-order valence-corrected chi connectivity index (χ3v) is 19.0. The van der Waals surface area contributed by atoms with Crippen LogP contribution >= 0.6 is 0 Å².